The molecule has 1 N–H and O–H groups in total. The molecule has 0 bridgehead atoms. The van der Waals surface area contributed by atoms with Crippen LogP contribution in [0.25, 0.3) is 0 Å². The van der Waals surface area contributed by atoms with Gasteiger partial charge in [-0.25, -0.2) is 13.6 Å². The number of hydrogen-bond donors (Lipinski definition) is 1. The van der Waals surface area contributed by atoms with E-state index < -0.39 is 59.3 Å². The van der Waals surface area contributed by atoms with E-state index in [1.165, 1.54) is 0 Å². The third-order valence-corrected chi connectivity index (χ3v) is 2.95. The molecule has 0 saturated heterocycles. The maximum atomic E-state index is 13.1. The Hall–Kier alpha value is -1.98. The maximum Gasteiger partial charge on any atom is 0.460 e. The zero-order valence-electron chi connectivity index (χ0n) is 12.3. The molecule has 0 rings (SSSR count). The number of carbonyl (C=O) groups is 1. The molecule has 172 valence electrons. The standard InChI is InChI=1S/C10HF17O2/c11-1(2(12)5(15,16)10(25,26)27)4(13,14)7(19,20)9(23,24)8(21,22)6(17,18)3(28)29/h(H,28,29)/b2-1+. The van der Waals surface area contributed by atoms with Crippen molar-refractivity contribution in [2.24, 2.45) is 0 Å². The van der Waals surface area contributed by atoms with Crippen LogP contribution in [0.1, 0.15) is 0 Å². The molecule has 0 amide bonds. The van der Waals surface area contributed by atoms with E-state index >= 15 is 0 Å². The first-order valence-electron chi connectivity index (χ1n) is 5.89. The first kappa shape index (κ1) is 27.0. The van der Waals surface area contributed by atoms with Crippen molar-refractivity contribution in [2.75, 3.05) is 0 Å². The molecule has 0 unspecified atom stereocenters. The molecule has 0 aromatic carbocycles. The number of carboxylic acid groups (broad SMARTS) is 1. The number of halogens is 17. The van der Waals surface area contributed by atoms with Crippen LogP contribution >= 0.6 is 0 Å². The Morgan fingerprint density at radius 1 is 0.483 bits per heavy atom. The van der Waals surface area contributed by atoms with E-state index in [0.717, 1.165) is 0 Å². The predicted octanol–water partition coefficient (Wildman–Crippen LogP) is 5.60. The van der Waals surface area contributed by atoms with E-state index in [1.807, 2.05) is 0 Å². The van der Waals surface area contributed by atoms with Gasteiger partial charge < -0.3 is 5.11 Å². The second kappa shape index (κ2) is 6.78. The van der Waals surface area contributed by atoms with Crippen molar-refractivity contribution in [1.82, 2.24) is 0 Å². The molecule has 0 aliphatic heterocycles. The summed E-state index contributed by atoms with van der Waals surface area (Å²) in [7, 11) is 0. The number of hydrogen-bond acceptors (Lipinski definition) is 1. The Bertz CT molecular complexity index is 685. The molecule has 0 spiro atoms. The van der Waals surface area contributed by atoms with Crippen molar-refractivity contribution in [2.45, 2.75) is 41.7 Å². The van der Waals surface area contributed by atoms with E-state index in [4.69, 9.17) is 5.11 Å². The fourth-order valence-corrected chi connectivity index (χ4v) is 1.26. The van der Waals surface area contributed by atoms with Crippen LogP contribution in [-0.4, -0.2) is 52.8 Å². The minimum absolute atomic E-state index is 4.31. The molecule has 0 heterocycles. The summed E-state index contributed by atoms with van der Waals surface area (Å²) in [5, 5.41) is 7.64. The lowest BCUT2D eigenvalue weighted by Gasteiger charge is -2.37. The van der Waals surface area contributed by atoms with Crippen LogP contribution in [0.3, 0.4) is 0 Å². The largest absolute Gasteiger partial charge is 0.477 e. The lowest BCUT2D eigenvalue weighted by Crippen LogP contribution is -2.69. The Kier molecular flexibility index (Phi) is 6.32. The highest BCUT2D eigenvalue weighted by Crippen LogP contribution is 2.59. The smallest absolute Gasteiger partial charge is 0.460 e. The molecule has 0 aliphatic rings. The minimum Gasteiger partial charge on any atom is -0.477 e. The van der Waals surface area contributed by atoms with Gasteiger partial charge >= 0.3 is 47.7 Å². The molecule has 0 fully saturated rings. The van der Waals surface area contributed by atoms with Crippen LogP contribution in [0.2, 0.25) is 0 Å². The molecule has 19 heteroatoms. The van der Waals surface area contributed by atoms with E-state index in [0.29, 0.717) is 0 Å². The lowest BCUT2D eigenvalue weighted by molar-refractivity contribution is -0.392. The van der Waals surface area contributed by atoms with Gasteiger partial charge in [-0.3, -0.25) is 0 Å². The SMILES string of the molecule is O=C(O)C(F)(F)C(F)(F)C(F)(F)C(F)(F)C(F)(F)/C(F)=C(\F)C(F)(F)C(F)(F)F. The van der Waals surface area contributed by atoms with Crippen LogP contribution in [0.15, 0.2) is 11.7 Å². The fraction of sp³-hybridized carbons (Fsp3) is 0.700. The summed E-state index contributed by atoms with van der Waals surface area (Å²) in [5.74, 6) is -62.3. The van der Waals surface area contributed by atoms with Crippen LogP contribution < -0.4 is 0 Å². The highest BCUT2D eigenvalue weighted by molar-refractivity contribution is 5.77. The second-order valence-electron chi connectivity index (χ2n) is 4.88. The van der Waals surface area contributed by atoms with Gasteiger partial charge in [0.2, 0.25) is 11.7 Å². The average molecular weight is 476 g/mol. The minimum atomic E-state index is -8.37. The van der Waals surface area contributed by atoms with Crippen molar-refractivity contribution >= 4 is 5.97 Å². The summed E-state index contributed by atoms with van der Waals surface area (Å²) < 4.78 is 215. The third kappa shape index (κ3) is 3.55. The number of rotatable bonds is 7. The number of allylic oxidation sites excluding steroid dienone is 2. The van der Waals surface area contributed by atoms with Crippen molar-refractivity contribution in [1.29, 1.82) is 0 Å². The Morgan fingerprint density at radius 3 is 1.03 bits per heavy atom. The summed E-state index contributed by atoms with van der Waals surface area (Å²) in [4.78, 5) is 9.81. The van der Waals surface area contributed by atoms with Crippen LogP contribution in [0.4, 0.5) is 74.6 Å². The second-order valence-corrected chi connectivity index (χ2v) is 4.88. The highest BCUT2D eigenvalue weighted by atomic mass is 19.4. The Morgan fingerprint density at radius 2 is 0.759 bits per heavy atom. The van der Waals surface area contributed by atoms with Gasteiger partial charge in [0.15, 0.2) is 0 Å². The Balaban J connectivity index is 6.77. The Labute approximate surface area is 145 Å². The molecule has 2 nitrogen and oxygen atoms in total. The van der Waals surface area contributed by atoms with Gasteiger partial charge in [-0.1, -0.05) is 0 Å². The van der Waals surface area contributed by atoms with Crippen molar-refractivity contribution in [3.8, 4) is 0 Å². The van der Waals surface area contributed by atoms with Gasteiger partial charge in [0.25, 0.3) is 0 Å². The number of aliphatic carboxylic acids is 1. The van der Waals surface area contributed by atoms with Crippen molar-refractivity contribution in [3.05, 3.63) is 11.7 Å². The molecule has 0 atom stereocenters. The van der Waals surface area contributed by atoms with E-state index in [1.54, 1.807) is 0 Å². The zero-order valence-corrected chi connectivity index (χ0v) is 12.3. The predicted molar refractivity (Wildman–Crippen MR) is 52.6 cm³/mol. The molecule has 0 aliphatic carbocycles. The molecule has 0 radical (unpaired) electrons. The zero-order chi connectivity index (χ0) is 24.2. The summed E-state index contributed by atoms with van der Waals surface area (Å²) in [5.41, 5.74) is 0. The third-order valence-electron chi connectivity index (χ3n) is 2.95. The van der Waals surface area contributed by atoms with Gasteiger partial charge in [-0.2, -0.15) is 65.9 Å². The van der Waals surface area contributed by atoms with E-state index in [2.05, 4.69) is 0 Å². The summed E-state index contributed by atoms with van der Waals surface area (Å²) in [6.07, 6.45) is -7.33. The monoisotopic (exact) mass is 476 g/mol. The van der Waals surface area contributed by atoms with Gasteiger partial charge in [0, 0.05) is 0 Å². The van der Waals surface area contributed by atoms with Crippen molar-refractivity contribution in [3.63, 3.8) is 0 Å². The first-order chi connectivity index (χ1) is 12.3. The van der Waals surface area contributed by atoms with Crippen LogP contribution in [-0.2, 0) is 4.79 Å². The number of alkyl halides is 15. The highest BCUT2D eigenvalue weighted by Gasteiger charge is 2.89. The van der Waals surface area contributed by atoms with Gasteiger partial charge in [-0.15, -0.1) is 0 Å². The lowest BCUT2D eigenvalue weighted by atomic mass is 9.93. The van der Waals surface area contributed by atoms with Crippen LogP contribution in [0.5, 0.6) is 0 Å². The number of carboxylic acids is 1. The molecule has 0 aromatic heterocycles. The summed E-state index contributed by atoms with van der Waals surface area (Å²) >= 11 is 0. The summed E-state index contributed by atoms with van der Waals surface area (Å²) in [6.45, 7) is 0. The molecule has 0 saturated carbocycles. The van der Waals surface area contributed by atoms with Gasteiger partial charge in [0.05, 0.1) is 0 Å². The van der Waals surface area contributed by atoms with Crippen LogP contribution in [0, 0.1) is 0 Å². The van der Waals surface area contributed by atoms with Gasteiger partial charge in [0.1, 0.15) is 0 Å². The van der Waals surface area contributed by atoms with E-state index in [9.17, 15) is 79.4 Å². The van der Waals surface area contributed by atoms with Crippen molar-refractivity contribution < 1.29 is 84.5 Å². The first-order valence-corrected chi connectivity index (χ1v) is 5.89. The van der Waals surface area contributed by atoms with Gasteiger partial charge in [-0.05, 0) is 0 Å². The molecular weight excluding hydrogens is 475 g/mol. The molecule has 29 heavy (non-hydrogen) atoms. The molecular formula is C10HF17O2. The quantitative estimate of drug-likeness (QED) is 0.487. The topological polar surface area (TPSA) is 37.3 Å². The fourth-order valence-electron chi connectivity index (χ4n) is 1.26. The van der Waals surface area contributed by atoms with E-state index in [-0.39, 0.29) is 0 Å². The molecule has 0 aromatic rings. The normalized spacial score (nSPS) is 16.6. The summed E-state index contributed by atoms with van der Waals surface area (Å²) in [6, 6.07) is 0. The average Bonchev–Trinajstić information content (AvgIpc) is 2.50. The maximum absolute atomic E-state index is 13.1.